The van der Waals surface area contributed by atoms with Crippen LogP contribution < -0.4 is 5.73 Å². The number of carboxylic acids is 1. The van der Waals surface area contributed by atoms with Gasteiger partial charge in [-0.25, -0.2) is 4.79 Å². The monoisotopic (exact) mass is 260 g/mol. The first kappa shape index (κ1) is 12.4. The van der Waals surface area contributed by atoms with Crippen molar-refractivity contribution in [1.29, 1.82) is 0 Å². The number of nitrogen functional groups attached to an aromatic ring is 1. The van der Waals surface area contributed by atoms with Gasteiger partial charge in [-0.15, -0.1) is 11.8 Å². The van der Waals surface area contributed by atoms with Crippen LogP contribution in [0, 0.1) is 0 Å². The predicted molar refractivity (Wildman–Crippen MR) is 71.6 cm³/mol. The van der Waals surface area contributed by atoms with Gasteiger partial charge >= 0.3 is 5.97 Å². The summed E-state index contributed by atoms with van der Waals surface area (Å²) in [6.07, 6.45) is 3.26. The lowest BCUT2D eigenvalue weighted by Crippen LogP contribution is -2.01. The molecule has 1 aromatic carbocycles. The largest absolute Gasteiger partial charge is 0.478 e. The van der Waals surface area contributed by atoms with Gasteiger partial charge in [0, 0.05) is 16.8 Å². The lowest BCUT2D eigenvalue weighted by Gasteiger charge is -2.07. The average Bonchev–Trinajstić information content (AvgIpc) is 2.38. The second-order valence-corrected chi connectivity index (χ2v) is 4.68. The SMILES string of the molecule is Nc1cnccc1SCc1ccccc1C(=O)O. The Kier molecular flexibility index (Phi) is 3.84. The molecule has 0 unspecified atom stereocenters. The molecule has 0 spiro atoms. The summed E-state index contributed by atoms with van der Waals surface area (Å²) in [5.41, 5.74) is 7.50. The Labute approximate surface area is 109 Å². The minimum Gasteiger partial charge on any atom is -0.478 e. The Morgan fingerprint density at radius 3 is 2.83 bits per heavy atom. The van der Waals surface area contributed by atoms with Crippen molar-refractivity contribution in [2.24, 2.45) is 0 Å². The normalized spacial score (nSPS) is 10.2. The van der Waals surface area contributed by atoms with E-state index in [1.54, 1.807) is 24.5 Å². The molecule has 2 rings (SSSR count). The van der Waals surface area contributed by atoms with Crippen molar-refractivity contribution < 1.29 is 9.90 Å². The van der Waals surface area contributed by atoms with Gasteiger partial charge in [-0.3, -0.25) is 4.98 Å². The molecule has 0 amide bonds. The third kappa shape index (κ3) is 2.81. The van der Waals surface area contributed by atoms with Crippen LogP contribution in [0.25, 0.3) is 0 Å². The number of hydrogen-bond donors (Lipinski definition) is 2. The summed E-state index contributed by atoms with van der Waals surface area (Å²) in [6, 6.07) is 8.79. The van der Waals surface area contributed by atoms with Gasteiger partial charge in [0.1, 0.15) is 0 Å². The molecule has 1 aromatic heterocycles. The number of nitrogens with zero attached hydrogens (tertiary/aromatic N) is 1. The van der Waals surface area contributed by atoms with E-state index >= 15 is 0 Å². The molecule has 0 saturated heterocycles. The number of aromatic carboxylic acids is 1. The van der Waals surface area contributed by atoms with Crippen LogP contribution in [0.15, 0.2) is 47.6 Å². The Morgan fingerprint density at radius 2 is 2.11 bits per heavy atom. The Hall–Kier alpha value is -2.01. The molecule has 0 saturated carbocycles. The molecular weight excluding hydrogens is 248 g/mol. The van der Waals surface area contributed by atoms with Gasteiger partial charge < -0.3 is 10.8 Å². The number of benzene rings is 1. The zero-order chi connectivity index (χ0) is 13.0. The second-order valence-electron chi connectivity index (χ2n) is 3.66. The van der Waals surface area contributed by atoms with Gasteiger partial charge in [0.2, 0.25) is 0 Å². The lowest BCUT2D eigenvalue weighted by molar-refractivity contribution is 0.0696. The van der Waals surface area contributed by atoms with E-state index in [2.05, 4.69) is 4.98 Å². The number of carbonyl (C=O) groups is 1. The molecule has 18 heavy (non-hydrogen) atoms. The quantitative estimate of drug-likeness (QED) is 0.826. The van der Waals surface area contributed by atoms with Crippen molar-refractivity contribution in [2.45, 2.75) is 10.6 Å². The van der Waals surface area contributed by atoms with E-state index < -0.39 is 5.97 Å². The van der Waals surface area contributed by atoms with Crippen LogP contribution in [0.1, 0.15) is 15.9 Å². The molecule has 0 atom stereocenters. The van der Waals surface area contributed by atoms with Crippen molar-refractivity contribution in [3.05, 3.63) is 53.9 Å². The predicted octanol–water partition coefficient (Wildman–Crippen LogP) is 2.65. The fourth-order valence-corrected chi connectivity index (χ4v) is 2.47. The Morgan fingerprint density at radius 1 is 1.33 bits per heavy atom. The fourth-order valence-electron chi connectivity index (χ4n) is 1.54. The van der Waals surface area contributed by atoms with Crippen molar-refractivity contribution in [3.8, 4) is 0 Å². The number of hydrogen-bond acceptors (Lipinski definition) is 4. The number of nitrogens with two attached hydrogens (primary N) is 1. The van der Waals surface area contributed by atoms with Crippen LogP contribution in [-0.4, -0.2) is 16.1 Å². The number of pyridine rings is 1. The third-order valence-electron chi connectivity index (χ3n) is 2.44. The van der Waals surface area contributed by atoms with Gasteiger partial charge in [-0.2, -0.15) is 0 Å². The third-order valence-corrected chi connectivity index (χ3v) is 3.58. The zero-order valence-corrected chi connectivity index (χ0v) is 10.4. The van der Waals surface area contributed by atoms with E-state index in [1.807, 2.05) is 18.2 Å². The van der Waals surface area contributed by atoms with Crippen molar-refractivity contribution in [1.82, 2.24) is 4.98 Å². The molecule has 0 aliphatic carbocycles. The summed E-state index contributed by atoms with van der Waals surface area (Å²) < 4.78 is 0. The van der Waals surface area contributed by atoms with Gasteiger partial charge in [0.25, 0.3) is 0 Å². The molecule has 2 aromatic rings. The van der Waals surface area contributed by atoms with Crippen LogP contribution in [0.2, 0.25) is 0 Å². The molecule has 0 radical (unpaired) electrons. The maximum absolute atomic E-state index is 11.1. The molecule has 3 N–H and O–H groups in total. The summed E-state index contributed by atoms with van der Waals surface area (Å²) in [5, 5.41) is 9.07. The highest BCUT2D eigenvalue weighted by atomic mass is 32.2. The van der Waals surface area contributed by atoms with Gasteiger partial charge in [-0.05, 0) is 17.7 Å². The van der Waals surface area contributed by atoms with Crippen LogP contribution >= 0.6 is 11.8 Å². The van der Waals surface area contributed by atoms with Crippen LogP contribution in [0.3, 0.4) is 0 Å². The van der Waals surface area contributed by atoms with E-state index in [0.29, 0.717) is 17.0 Å². The highest BCUT2D eigenvalue weighted by Crippen LogP contribution is 2.28. The van der Waals surface area contributed by atoms with E-state index in [9.17, 15) is 4.79 Å². The second kappa shape index (κ2) is 5.55. The zero-order valence-electron chi connectivity index (χ0n) is 9.54. The van der Waals surface area contributed by atoms with E-state index in [-0.39, 0.29) is 0 Å². The Balaban J connectivity index is 2.16. The number of rotatable bonds is 4. The summed E-state index contributed by atoms with van der Waals surface area (Å²) in [7, 11) is 0. The lowest BCUT2D eigenvalue weighted by atomic mass is 10.1. The molecule has 0 aliphatic heterocycles. The van der Waals surface area contributed by atoms with E-state index in [4.69, 9.17) is 10.8 Å². The molecule has 92 valence electrons. The minimum absolute atomic E-state index is 0.331. The smallest absolute Gasteiger partial charge is 0.335 e. The van der Waals surface area contributed by atoms with Crippen LogP contribution in [0.5, 0.6) is 0 Å². The summed E-state index contributed by atoms with van der Waals surface area (Å²) in [6.45, 7) is 0. The molecule has 0 bridgehead atoms. The first-order valence-corrected chi connectivity index (χ1v) is 6.30. The van der Waals surface area contributed by atoms with Crippen molar-refractivity contribution in [2.75, 3.05) is 5.73 Å². The van der Waals surface area contributed by atoms with Gasteiger partial charge in [0.15, 0.2) is 0 Å². The van der Waals surface area contributed by atoms with E-state index in [0.717, 1.165) is 10.5 Å². The van der Waals surface area contributed by atoms with Crippen LogP contribution in [-0.2, 0) is 5.75 Å². The first-order chi connectivity index (χ1) is 8.68. The molecule has 0 aliphatic rings. The minimum atomic E-state index is -0.908. The van der Waals surface area contributed by atoms with Gasteiger partial charge in [-0.1, -0.05) is 18.2 Å². The summed E-state index contributed by atoms with van der Waals surface area (Å²) in [4.78, 5) is 15.9. The summed E-state index contributed by atoms with van der Waals surface area (Å²) in [5.74, 6) is -0.342. The first-order valence-electron chi connectivity index (χ1n) is 5.32. The van der Waals surface area contributed by atoms with Gasteiger partial charge in [0.05, 0.1) is 17.4 Å². The molecular formula is C13H12N2O2S. The molecule has 4 nitrogen and oxygen atoms in total. The number of carboxylic acid groups (broad SMARTS) is 1. The van der Waals surface area contributed by atoms with Crippen molar-refractivity contribution in [3.63, 3.8) is 0 Å². The maximum Gasteiger partial charge on any atom is 0.335 e. The topological polar surface area (TPSA) is 76.2 Å². The highest BCUT2D eigenvalue weighted by Gasteiger charge is 2.09. The maximum atomic E-state index is 11.1. The number of anilines is 1. The molecule has 0 fully saturated rings. The molecule has 5 heteroatoms. The number of aromatic nitrogens is 1. The van der Waals surface area contributed by atoms with E-state index in [1.165, 1.54) is 11.8 Å². The molecule has 1 heterocycles. The van der Waals surface area contributed by atoms with Crippen molar-refractivity contribution >= 4 is 23.4 Å². The highest BCUT2D eigenvalue weighted by molar-refractivity contribution is 7.98. The van der Waals surface area contributed by atoms with Crippen LogP contribution in [0.4, 0.5) is 5.69 Å². The number of thioether (sulfide) groups is 1. The standard InChI is InChI=1S/C13H12N2O2S/c14-11-7-15-6-5-12(11)18-8-9-3-1-2-4-10(9)13(16)17/h1-7H,8,14H2,(H,16,17). The average molecular weight is 260 g/mol. The fraction of sp³-hybridized carbons (Fsp3) is 0.0769. The summed E-state index contributed by atoms with van der Waals surface area (Å²) >= 11 is 1.50. The Bertz CT molecular complexity index is 572.